The molecule has 0 spiro atoms. The highest BCUT2D eigenvalue weighted by Crippen LogP contribution is 2.30. The van der Waals surface area contributed by atoms with E-state index >= 15 is 0 Å². The molecule has 23 heavy (non-hydrogen) atoms. The van der Waals surface area contributed by atoms with Crippen LogP contribution in [0.4, 0.5) is 5.95 Å². The summed E-state index contributed by atoms with van der Waals surface area (Å²) in [5.41, 5.74) is -1.84. The van der Waals surface area contributed by atoms with Gasteiger partial charge >= 0.3 is 5.97 Å². The molecule has 2 aromatic heterocycles. The summed E-state index contributed by atoms with van der Waals surface area (Å²) in [6.45, 7) is 0.111. The number of anilines is 1. The Hall–Kier alpha value is -2.98. The van der Waals surface area contributed by atoms with Crippen molar-refractivity contribution in [3.05, 3.63) is 46.1 Å². The third-order valence-electron chi connectivity index (χ3n) is 3.49. The molecule has 3 rings (SSSR count). The van der Waals surface area contributed by atoms with Crippen LogP contribution in [0.25, 0.3) is 0 Å². The number of pyridine rings is 1. The van der Waals surface area contributed by atoms with Crippen LogP contribution in [-0.2, 0) is 0 Å². The number of carboxylic acids is 1. The summed E-state index contributed by atoms with van der Waals surface area (Å²) in [5, 5.41) is 30.8. The zero-order chi connectivity index (χ0) is 16.7. The molecular weight excluding hydrogens is 306 g/mol. The maximum absolute atomic E-state index is 12.0. The van der Waals surface area contributed by atoms with Gasteiger partial charge in [0.05, 0.1) is 6.67 Å². The number of nitrogens with zero attached hydrogens (tertiary/aromatic N) is 5. The fourth-order valence-corrected chi connectivity index (χ4v) is 2.35. The van der Waals surface area contributed by atoms with Gasteiger partial charge in [-0.25, -0.2) is 19.8 Å². The van der Waals surface area contributed by atoms with E-state index in [1.807, 2.05) is 0 Å². The van der Waals surface area contributed by atoms with E-state index in [1.165, 1.54) is 27.0 Å². The monoisotopic (exact) mass is 319 g/mol. The summed E-state index contributed by atoms with van der Waals surface area (Å²) in [6, 6.07) is 1.61. The molecular formula is C13H13N5O5. The van der Waals surface area contributed by atoms with Crippen LogP contribution in [0.15, 0.2) is 29.5 Å². The van der Waals surface area contributed by atoms with Crippen molar-refractivity contribution in [1.82, 2.24) is 19.5 Å². The zero-order valence-electron chi connectivity index (χ0n) is 12.0. The van der Waals surface area contributed by atoms with Crippen LogP contribution in [0.5, 0.6) is 5.75 Å². The first-order valence-corrected chi connectivity index (χ1v) is 6.56. The SMILES string of the molecule is CN1CN(c2ncccn2)n2cc(C(=O)O)c(=O)c(O)c2C1O. The van der Waals surface area contributed by atoms with Crippen LogP contribution in [0.3, 0.4) is 0 Å². The minimum atomic E-state index is -1.48. The number of aliphatic hydroxyl groups excluding tert-OH is 1. The third-order valence-corrected chi connectivity index (χ3v) is 3.49. The molecule has 0 aliphatic carbocycles. The Labute approximate surface area is 129 Å². The minimum absolute atomic E-state index is 0.111. The van der Waals surface area contributed by atoms with Gasteiger partial charge in [-0.3, -0.25) is 14.4 Å². The molecule has 1 aliphatic heterocycles. The summed E-state index contributed by atoms with van der Waals surface area (Å²) >= 11 is 0. The van der Waals surface area contributed by atoms with Gasteiger partial charge in [-0.1, -0.05) is 0 Å². The zero-order valence-corrected chi connectivity index (χ0v) is 12.0. The number of rotatable bonds is 2. The molecule has 3 N–H and O–H groups in total. The first-order chi connectivity index (χ1) is 10.9. The lowest BCUT2D eigenvalue weighted by atomic mass is 10.2. The lowest BCUT2D eigenvalue weighted by Gasteiger charge is -2.39. The van der Waals surface area contributed by atoms with Crippen molar-refractivity contribution in [1.29, 1.82) is 0 Å². The molecule has 0 aromatic carbocycles. The molecule has 0 amide bonds. The van der Waals surface area contributed by atoms with Gasteiger partial charge in [-0.15, -0.1) is 0 Å². The highest BCUT2D eigenvalue weighted by Gasteiger charge is 2.34. The van der Waals surface area contributed by atoms with E-state index in [2.05, 4.69) is 9.97 Å². The Morgan fingerprint density at radius 2 is 2.00 bits per heavy atom. The van der Waals surface area contributed by atoms with E-state index < -0.39 is 28.9 Å². The number of hydrogen-bond acceptors (Lipinski definition) is 8. The van der Waals surface area contributed by atoms with E-state index in [1.54, 1.807) is 13.1 Å². The predicted octanol–water partition coefficient (Wildman–Crippen LogP) is -0.794. The molecule has 0 saturated heterocycles. The largest absolute Gasteiger partial charge is 0.503 e. The normalized spacial score (nSPS) is 17.8. The second-order valence-corrected chi connectivity index (χ2v) is 4.98. The summed E-state index contributed by atoms with van der Waals surface area (Å²) in [5.74, 6) is -2.10. The smallest absolute Gasteiger partial charge is 0.341 e. The average Bonchev–Trinajstić information content (AvgIpc) is 2.54. The molecule has 0 saturated carbocycles. The second-order valence-electron chi connectivity index (χ2n) is 4.98. The first kappa shape index (κ1) is 14.9. The molecule has 0 bridgehead atoms. The number of hydrogen-bond donors (Lipinski definition) is 3. The van der Waals surface area contributed by atoms with Crippen molar-refractivity contribution in [2.45, 2.75) is 6.23 Å². The van der Waals surface area contributed by atoms with E-state index in [0.29, 0.717) is 0 Å². The molecule has 1 atom stereocenters. The standard InChI is InChI=1S/C13H13N5O5/c1-16-6-18(13-14-3-2-4-15-13)17-5-7(12(22)23)9(19)10(20)8(17)11(16)21/h2-5,11,20-21H,6H2,1H3,(H,22,23). The van der Waals surface area contributed by atoms with Gasteiger partial charge in [0.15, 0.2) is 12.0 Å². The van der Waals surface area contributed by atoms with Crippen molar-refractivity contribution >= 4 is 11.9 Å². The van der Waals surface area contributed by atoms with E-state index in [4.69, 9.17) is 5.11 Å². The molecule has 120 valence electrons. The summed E-state index contributed by atoms with van der Waals surface area (Å²) in [4.78, 5) is 32.7. The molecule has 10 nitrogen and oxygen atoms in total. The van der Waals surface area contributed by atoms with Crippen LogP contribution in [-0.4, -0.2) is 54.5 Å². The van der Waals surface area contributed by atoms with Gasteiger partial charge in [0.2, 0.25) is 11.4 Å². The number of aromatic hydroxyl groups is 1. The Balaban J connectivity index is 2.29. The van der Waals surface area contributed by atoms with Gasteiger partial charge in [0, 0.05) is 18.6 Å². The Morgan fingerprint density at radius 3 is 2.61 bits per heavy atom. The maximum atomic E-state index is 12.0. The van der Waals surface area contributed by atoms with Gasteiger partial charge in [-0.05, 0) is 13.1 Å². The third kappa shape index (κ3) is 2.29. The topological polar surface area (TPSA) is 132 Å². The van der Waals surface area contributed by atoms with Crippen LogP contribution >= 0.6 is 0 Å². The van der Waals surface area contributed by atoms with E-state index in [0.717, 1.165) is 6.20 Å². The summed E-state index contributed by atoms with van der Waals surface area (Å²) in [6.07, 6.45) is 2.73. The fourth-order valence-electron chi connectivity index (χ4n) is 2.35. The maximum Gasteiger partial charge on any atom is 0.341 e. The van der Waals surface area contributed by atoms with Gasteiger partial charge in [-0.2, -0.15) is 0 Å². The number of carbonyl (C=O) groups is 1. The number of aliphatic hydroxyl groups is 1. The number of aromatic nitrogens is 3. The molecule has 3 heterocycles. The summed E-state index contributed by atoms with van der Waals surface area (Å²) in [7, 11) is 1.57. The van der Waals surface area contributed by atoms with E-state index in [-0.39, 0.29) is 18.3 Å². The summed E-state index contributed by atoms with van der Waals surface area (Å²) < 4.78 is 1.18. The molecule has 0 fully saturated rings. The highest BCUT2D eigenvalue weighted by atomic mass is 16.4. The van der Waals surface area contributed by atoms with Crippen LogP contribution in [0.1, 0.15) is 22.3 Å². The number of fused-ring (bicyclic) bond motifs is 1. The van der Waals surface area contributed by atoms with Gasteiger partial charge < -0.3 is 15.3 Å². The number of aromatic carboxylic acids is 1. The predicted molar refractivity (Wildman–Crippen MR) is 76.8 cm³/mol. The Morgan fingerprint density at radius 1 is 1.35 bits per heavy atom. The van der Waals surface area contributed by atoms with E-state index in [9.17, 15) is 19.8 Å². The van der Waals surface area contributed by atoms with Gasteiger partial charge in [0.1, 0.15) is 11.3 Å². The quantitative estimate of drug-likeness (QED) is 0.651. The lowest BCUT2D eigenvalue weighted by Crippen LogP contribution is -2.49. The lowest BCUT2D eigenvalue weighted by molar-refractivity contribution is -0.00511. The van der Waals surface area contributed by atoms with Crippen molar-refractivity contribution < 1.29 is 20.1 Å². The molecule has 2 aromatic rings. The Bertz CT molecular complexity index is 821. The van der Waals surface area contributed by atoms with Crippen LogP contribution in [0.2, 0.25) is 0 Å². The average molecular weight is 319 g/mol. The number of carboxylic acid groups (broad SMARTS) is 1. The highest BCUT2D eigenvalue weighted by molar-refractivity contribution is 5.87. The first-order valence-electron chi connectivity index (χ1n) is 6.56. The molecule has 1 aliphatic rings. The van der Waals surface area contributed by atoms with Crippen molar-refractivity contribution in [3.63, 3.8) is 0 Å². The van der Waals surface area contributed by atoms with Crippen LogP contribution < -0.4 is 10.4 Å². The fraction of sp³-hybridized carbons (Fsp3) is 0.231. The minimum Gasteiger partial charge on any atom is -0.503 e. The van der Waals surface area contributed by atoms with Crippen LogP contribution in [0, 0.1) is 0 Å². The van der Waals surface area contributed by atoms with Crippen molar-refractivity contribution in [2.75, 3.05) is 18.7 Å². The van der Waals surface area contributed by atoms with Crippen molar-refractivity contribution in [2.24, 2.45) is 0 Å². The molecule has 0 radical (unpaired) electrons. The second kappa shape index (κ2) is 5.34. The van der Waals surface area contributed by atoms with Crippen molar-refractivity contribution in [3.8, 4) is 5.75 Å². The Kier molecular flexibility index (Phi) is 3.47. The molecule has 1 unspecified atom stereocenters. The van der Waals surface area contributed by atoms with Gasteiger partial charge in [0.25, 0.3) is 0 Å². The molecule has 10 heteroatoms.